The Morgan fingerprint density at radius 3 is 2.37 bits per heavy atom. The van der Waals surface area contributed by atoms with E-state index in [-0.39, 0.29) is 24.0 Å². The van der Waals surface area contributed by atoms with Crippen LogP contribution in [0.25, 0.3) is 10.9 Å². The summed E-state index contributed by atoms with van der Waals surface area (Å²) in [5, 5.41) is 5.01. The van der Waals surface area contributed by atoms with Crippen LogP contribution in [0.3, 0.4) is 0 Å². The molecule has 0 amide bonds. The average molecular weight is 484 g/mol. The molecule has 1 unspecified atom stereocenters. The minimum Gasteiger partial charge on any atom is -0.302 e. The zero-order valence-corrected chi connectivity index (χ0v) is 19.6. The molecule has 5 rings (SSSR count). The lowest BCUT2D eigenvalue weighted by Crippen LogP contribution is -2.30. The topological polar surface area (TPSA) is 46.9 Å². The van der Waals surface area contributed by atoms with Crippen LogP contribution in [0.2, 0.25) is 5.02 Å². The first kappa shape index (κ1) is 23.0. The molecule has 35 heavy (non-hydrogen) atoms. The first-order chi connectivity index (χ1) is 17.1. The first-order valence-corrected chi connectivity index (χ1v) is 11.7. The summed E-state index contributed by atoms with van der Waals surface area (Å²) in [5.41, 5.74) is 3.80. The minimum atomic E-state index is -0.385. The maximum Gasteiger partial charge on any atom is 0.255 e. The molecule has 5 aromatic rings. The van der Waals surface area contributed by atoms with E-state index in [9.17, 15) is 9.18 Å². The number of nitrogens with zero attached hydrogens (tertiary/aromatic N) is 2. The predicted octanol–water partition coefficient (Wildman–Crippen LogP) is 6.12. The Bertz CT molecular complexity index is 1500. The maximum absolute atomic E-state index is 14.1. The second-order valence-corrected chi connectivity index (χ2v) is 8.80. The molecule has 0 aliphatic heterocycles. The van der Waals surface area contributed by atoms with E-state index in [1.807, 2.05) is 66.7 Å². The van der Waals surface area contributed by atoms with E-state index in [4.69, 9.17) is 11.6 Å². The standard InChI is InChI=1S/C29H23ClFN3O/c30-24-12-9-21(10-13-24)28(20-6-2-1-3-7-20)33-18-23-16-22-11-14-25(31)17-27(22)34(29(23)35)19-26-8-4-5-15-32-26/h1-17,28,33H,18-19H2. The molecule has 4 nitrogen and oxygen atoms in total. The summed E-state index contributed by atoms with van der Waals surface area (Å²) in [6.45, 7) is 0.587. The Morgan fingerprint density at radius 1 is 0.886 bits per heavy atom. The molecule has 0 bridgehead atoms. The van der Waals surface area contributed by atoms with Crippen molar-refractivity contribution >= 4 is 22.5 Å². The predicted molar refractivity (Wildman–Crippen MR) is 138 cm³/mol. The highest BCUT2D eigenvalue weighted by molar-refractivity contribution is 6.30. The number of hydrogen-bond donors (Lipinski definition) is 1. The smallest absolute Gasteiger partial charge is 0.255 e. The van der Waals surface area contributed by atoms with Crippen molar-refractivity contribution in [1.82, 2.24) is 14.9 Å². The number of aromatic nitrogens is 2. The van der Waals surface area contributed by atoms with Gasteiger partial charge in [0.2, 0.25) is 0 Å². The molecule has 0 spiro atoms. The molecule has 1 N–H and O–H groups in total. The molecule has 2 aromatic heterocycles. The molecule has 0 radical (unpaired) electrons. The van der Waals surface area contributed by atoms with Crippen LogP contribution in [0, 0.1) is 5.82 Å². The van der Waals surface area contributed by atoms with Gasteiger partial charge in [0.05, 0.1) is 23.8 Å². The van der Waals surface area contributed by atoms with Gasteiger partial charge >= 0.3 is 0 Å². The number of rotatable bonds is 7. The van der Waals surface area contributed by atoms with Gasteiger partial charge in [-0.05, 0) is 65.0 Å². The monoisotopic (exact) mass is 483 g/mol. The third-order valence-electron chi connectivity index (χ3n) is 6.01. The number of halogens is 2. The second-order valence-electron chi connectivity index (χ2n) is 8.36. The van der Waals surface area contributed by atoms with Crippen molar-refractivity contribution in [3.63, 3.8) is 0 Å². The van der Waals surface area contributed by atoms with Crippen molar-refractivity contribution in [3.8, 4) is 0 Å². The van der Waals surface area contributed by atoms with Gasteiger partial charge < -0.3 is 9.88 Å². The fourth-order valence-electron chi connectivity index (χ4n) is 4.28. The van der Waals surface area contributed by atoms with Crippen LogP contribution in [-0.2, 0) is 13.1 Å². The van der Waals surface area contributed by atoms with Gasteiger partial charge in [0.15, 0.2) is 0 Å². The van der Waals surface area contributed by atoms with Crippen LogP contribution in [0.4, 0.5) is 4.39 Å². The van der Waals surface area contributed by atoms with E-state index in [1.165, 1.54) is 12.1 Å². The van der Waals surface area contributed by atoms with Crippen LogP contribution in [-0.4, -0.2) is 9.55 Å². The van der Waals surface area contributed by atoms with Crippen molar-refractivity contribution < 1.29 is 4.39 Å². The quantitative estimate of drug-likeness (QED) is 0.303. The summed E-state index contributed by atoms with van der Waals surface area (Å²) in [4.78, 5) is 17.9. The average Bonchev–Trinajstić information content (AvgIpc) is 2.89. The second kappa shape index (κ2) is 10.2. The molecule has 2 heterocycles. The van der Waals surface area contributed by atoms with E-state index in [1.54, 1.807) is 16.8 Å². The lowest BCUT2D eigenvalue weighted by Gasteiger charge is -2.21. The molecule has 0 saturated carbocycles. The Labute approximate surface area is 207 Å². The zero-order chi connectivity index (χ0) is 24.2. The Kier molecular flexibility index (Phi) is 6.70. The normalized spacial score (nSPS) is 12.1. The summed E-state index contributed by atoms with van der Waals surface area (Å²) >= 11 is 6.11. The zero-order valence-electron chi connectivity index (χ0n) is 18.9. The Hall–Kier alpha value is -3.80. The summed E-state index contributed by atoms with van der Waals surface area (Å²) < 4.78 is 15.7. The largest absolute Gasteiger partial charge is 0.302 e. The highest BCUT2D eigenvalue weighted by Crippen LogP contribution is 2.24. The molecular weight excluding hydrogens is 461 g/mol. The molecular formula is C29H23ClFN3O. The van der Waals surface area contributed by atoms with Gasteiger partial charge in [-0.25, -0.2) is 4.39 Å². The van der Waals surface area contributed by atoms with Crippen molar-refractivity contribution in [1.29, 1.82) is 0 Å². The number of fused-ring (bicyclic) bond motifs is 1. The molecule has 0 fully saturated rings. The van der Waals surface area contributed by atoms with Crippen molar-refractivity contribution in [2.75, 3.05) is 0 Å². The molecule has 1 atom stereocenters. The number of hydrogen-bond acceptors (Lipinski definition) is 3. The van der Waals surface area contributed by atoms with E-state index >= 15 is 0 Å². The molecule has 0 saturated heterocycles. The van der Waals surface area contributed by atoms with Gasteiger partial charge in [-0.15, -0.1) is 0 Å². The molecule has 0 aliphatic carbocycles. The van der Waals surface area contributed by atoms with Crippen molar-refractivity contribution in [2.45, 2.75) is 19.1 Å². The fraction of sp³-hybridized carbons (Fsp3) is 0.103. The lowest BCUT2D eigenvalue weighted by molar-refractivity contribution is 0.597. The van der Waals surface area contributed by atoms with Gasteiger partial charge in [0.25, 0.3) is 5.56 Å². The number of benzene rings is 3. The van der Waals surface area contributed by atoms with Gasteiger partial charge in [-0.1, -0.05) is 60.1 Å². The molecule has 3 aromatic carbocycles. The van der Waals surface area contributed by atoms with Crippen LogP contribution >= 0.6 is 11.6 Å². The third kappa shape index (κ3) is 5.16. The first-order valence-electron chi connectivity index (χ1n) is 11.3. The van der Waals surface area contributed by atoms with Crippen molar-refractivity contribution in [2.24, 2.45) is 0 Å². The lowest BCUT2D eigenvalue weighted by atomic mass is 9.98. The van der Waals surface area contributed by atoms with E-state index < -0.39 is 0 Å². The maximum atomic E-state index is 14.1. The van der Waals surface area contributed by atoms with Gasteiger partial charge in [0.1, 0.15) is 5.82 Å². The van der Waals surface area contributed by atoms with E-state index in [2.05, 4.69) is 22.4 Å². The van der Waals surface area contributed by atoms with Gasteiger partial charge in [-0.2, -0.15) is 0 Å². The van der Waals surface area contributed by atoms with Crippen LogP contribution < -0.4 is 10.9 Å². The highest BCUT2D eigenvalue weighted by Gasteiger charge is 2.16. The minimum absolute atomic E-state index is 0.138. The van der Waals surface area contributed by atoms with Crippen LogP contribution in [0.15, 0.2) is 108 Å². The summed E-state index contributed by atoms with van der Waals surface area (Å²) in [6.07, 6.45) is 1.69. The van der Waals surface area contributed by atoms with Gasteiger partial charge in [-0.3, -0.25) is 9.78 Å². The molecule has 6 heteroatoms. The SMILES string of the molecule is O=c1c(CNC(c2ccccc2)c2ccc(Cl)cc2)cc2ccc(F)cc2n1Cc1ccccn1. The number of pyridine rings is 2. The van der Waals surface area contributed by atoms with E-state index in [0.717, 1.165) is 22.2 Å². The molecule has 0 aliphatic rings. The summed E-state index contributed by atoms with van der Waals surface area (Å²) in [5.74, 6) is -0.385. The number of nitrogens with one attached hydrogen (secondary N) is 1. The Morgan fingerprint density at radius 2 is 1.63 bits per heavy atom. The fourth-order valence-corrected chi connectivity index (χ4v) is 4.41. The van der Waals surface area contributed by atoms with Crippen molar-refractivity contribution in [3.05, 3.63) is 147 Å². The summed E-state index contributed by atoms with van der Waals surface area (Å²) in [6, 6.07) is 29.5. The third-order valence-corrected chi connectivity index (χ3v) is 6.26. The summed E-state index contributed by atoms with van der Waals surface area (Å²) in [7, 11) is 0. The van der Waals surface area contributed by atoms with Gasteiger partial charge in [0, 0.05) is 23.3 Å². The Balaban J connectivity index is 1.53. The van der Waals surface area contributed by atoms with E-state index in [0.29, 0.717) is 22.6 Å². The molecule has 174 valence electrons. The van der Waals surface area contributed by atoms with Crippen LogP contribution in [0.5, 0.6) is 0 Å². The highest BCUT2D eigenvalue weighted by atomic mass is 35.5. The van der Waals surface area contributed by atoms with Crippen LogP contribution in [0.1, 0.15) is 28.4 Å².